The molecule has 1 heterocycles. The molecule has 0 aromatic carbocycles. The Labute approximate surface area is 86.2 Å². The summed E-state index contributed by atoms with van der Waals surface area (Å²) < 4.78 is 4.40. The first-order valence-corrected chi connectivity index (χ1v) is 4.32. The van der Waals surface area contributed by atoms with Crippen molar-refractivity contribution in [2.45, 2.75) is 6.04 Å². The molecule has 1 aromatic heterocycles. The maximum absolute atomic E-state index is 11.4. The Morgan fingerprint density at radius 3 is 2.87 bits per heavy atom. The number of rotatable bonds is 4. The van der Waals surface area contributed by atoms with Gasteiger partial charge in [-0.3, -0.25) is 4.79 Å². The van der Waals surface area contributed by atoms with Crippen molar-refractivity contribution >= 4 is 11.9 Å². The first kappa shape index (κ1) is 11.3. The molecule has 1 amide bonds. The third-order valence-electron chi connectivity index (χ3n) is 1.82. The van der Waals surface area contributed by atoms with Crippen LogP contribution in [0.2, 0.25) is 0 Å². The van der Waals surface area contributed by atoms with Gasteiger partial charge in [-0.25, -0.2) is 4.79 Å². The van der Waals surface area contributed by atoms with Crippen LogP contribution in [-0.4, -0.2) is 41.7 Å². The summed E-state index contributed by atoms with van der Waals surface area (Å²) in [5, 5.41) is 11.2. The van der Waals surface area contributed by atoms with Crippen LogP contribution in [0.4, 0.5) is 0 Å². The average molecular weight is 212 g/mol. The third kappa shape index (κ3) is 2.81. The van der Waals surface area contributed by atoms with Crippen molar-refractivity contribution in [2.24, 2.45) is 0 Å². The Morgan fingerprint density at radius 2 is 2.40 bits per heavy atom. The zero-order valence-electron chi connectivity index (χ0n) is 8.19. The summed E-state index contributed by atoms with van der Waals surface area (Å²) >= 11 is 0. The number of esters is 1. The maximum atomic E-state index is 11.4. The fourth-order valence-electron chi connectivity index (χ4n) is 1.03. The largest absolute Gasteiger partial charge is 0.467 e. The standard InChI is InChI=1S/C9H12N2O4/c1-15-9(14)7(5-12)11-8(13)6-3-2-4-10-6/h2-4,7,10,12H,5H2,1H3,(H,11,13). The quantitative estimate of drug-likeness (QED) is 0.574. The molecule has 15 heavy (non-hydrogen) atoms. The van der Waals surface area contributed by atoms with E-state index in [0.29, 0.717) is 5.69 Å². The molecule has 0 fully saturated rings. The van der Waals surface area contributed by atoms with Gasteiger partial charge in [-0.2, -0.15) is 0 Å². The number of amides is 1. The SMILES string of the molecule is COC(=O)C(CO)NC(=O)c1ccc[nH]1. The molecule has 82 valence electrons. The van der Waals surface area contributed by atoms with E-state index < -0.39 is 24.5 Å². The number of hydrogen-bond donors (Lipinski definition) is 3. The first-order chi connectivity index (χ1) is 7.19. The summed E-state index contributed by atoms with van der Waals surface area (Å²) in [7, 11) is 1.19. The van der Waals surface area contributed by atoms with Gasteiger partial charge in [0.1, 0.15) is 5.69 Å². The highest BCUT2D eigenvalue weighted by atomic mass is 16.5. The van der Waals surface area contributed by atoms with Crippen molar-refractivity contribution in [1.29, 1.82) is 0 Å². The van der Waals surface area contributed by atoms with Crippen LogP contribution in [0.5, 0.6) is 0 Å². The molecule has 0 radical (unpaired) electrons. The van der Waals surface area contributed by atoms with E-state index in [1.165, 1.54) is 7.11 Å². The molecule has 0 saturated heterocycles. The number of methoxy groups -OCH3 is 1. The Morgan fingerprint density at radius 1 is 1.67 bits per heavy atom. The van der Waals surface area contributed by atoms with Crippen molar-refractivity contribution in [3.05, 3.63) is 24.0 Å². The molecule has 0 aliphatic heterocycles. The number of aromatic amines is 1. The van der Waals surface area contributed by atoms with E-state index in [-0.39, 0.29) is 0 Å². The minimum atomic E-state index is -1.04. The lowest BCUT2D eigenvalue weighted by Crippen LogP contribution is -2.44. The first-order valence-electron chi connectivity index (χ1n) is 4.32. The minimum absolute atomic E-state index is 0.317. The molecular weight excluding hydrogens is 200 g/mol. The number of hydrogen-bond acceptors (Lipinski definition) is 4. The van der Waals surface area contributed by atoms with E-state index in [0.717, 1.165) is 0 Å². The van der Waals surface area contributed by atoms with Gasteiger partial charge >= 0.3 is 5.97 Å². The van der Waals surface area contributed by atoms with Gasteiger partial charge in [-0.15, -0.1) is 0 Å². The van der Waals surface area contributed by atoms with Crippen LogP contribution < -0.4 is 5.32 Å². The van der Waals surface area contributed by atoms with Crippen LogP contribution >= 0.6 is 0 Å². The second kappa shape index (κ2) is 5.16. The number of carbonyl (C=O) groups excluding carboxylic acids is 2. The van der Waals surface area contributed by atoms with Gasteiger partial charge in [0.15, 0.2) is 6.04 Å². The highest BCUT2D eigenvalue weighted by molar-refractivity contribution is 5.95. The van der Waals surface area contributed by atoms with Crippen LogP contribution in [-0.2, 0) is 9.53 Å². The van der Waals surface area contributed by atoms with Crippen molar-refractivity contribution in [2.75, 3.05) is 13.7 Å². The van der Waals surface area contributed by atoms with E-state index in [2.05, 4.69) is 15.0 Å². The fourth-order valence-corrected chi connectivity index (χ4v) is 1.03. The lowest BCUT2D eigenvalue weighted by Gasteiger charge is -2.12. The van der Waals surface area contributed by atoms with Gasteiger partial charge < -0.3 is 20.1 Å². The number of aliphatic hydroxyl groups excluding tert-OH is 1. The molecule has 3 N–H and O–H groups in total. The van der Waals surface area contributed by atoms with Gasteiger partial charge in [0, 0.05) is 6.20 Å². The number of carbonyl (C=O) groups is 2. The van der Waals surface area contributed by atoms with Crippen molar-refractivity contribution < 1.29 is 19.4 Å². The average Bonchev–Trinajstić information content (AvgIpc) is 2.77. The molecule has 0 bridgehead atoms. The van der Waals surface area contributed by atoms with E-state index in [4.69, 9.17) is 5.11 Å². The zero-order valence-corrected chi connectivity index (χ0v) is 8.19. The van der Waals surface area contributed by atoms with Crippen LogP contribution in [0.1, 0.15) is 10.5 Å². The molecule has 1 rings (SSSR count). The van der Waals surface area contributed by atoms with Gasteiger partial charge in [0.25, 0.3) is 5.91 Å². The van der Waals surface area contributed by atoms with Gasteiger partial charge in [-0.1, -0.05) is 0 Å². The smallest absolute Gasteiger partial charge is 0.330 e. The Balaban J connectivity index is 2.60. The van der Waals surface area contributed by atoms with Gasteiger partial charge in [-0.05, 0) is 12.1 Å². The summed E-state index contributed by atoms with van der Waals surface area (Å²) in [5.74, 6) is -1.15. The van der Waals surface area contributed by atoms with E-state index in [9.17, 15) is 9.59 Å². The summed E-state index contributed by atoms with van der Waals surface area (Å²) in [6.07, 6.45) is 1.58. The molecule has 1 aromatic rings. The number of nitrogens with one attached hydrogen (secondary N) is 2. The summed E-state index contributed by atoms with van der Waals surface area (Å²) in [4.78, 5) is 25.2. The lowest BCUT2D eigenvalue weighted by atomic mass is 10.3. The molecule has 0 aliphatic carbocycles. The van der Waals surface area contributed by atoms with Crippen LogP contribution in [0.3, 0.4) is 0 Å². The van der Waals surface area contributed by atoms with Crippen molar-refractivity contribution in [1.82, 2.24) is 10.3 Å². The van der Waals surface area contributed by atoms with Crippen LogP contribution in [0.15, 0.2) is 18.3 Å². The number of aromatic nitrogens is 1. The molecule has 0 aliphatic rings. The van der Waals surface area contributed by atoms with Crippen LogP contribution in [0, 0.1) is 0 Å². The Bertz CT molecular complexity index is 334. The highest BCUT2D eigenvalue weighted by Gasteiger charge is 2.21. The van der Waals surface area contributed by atoms with Crippen molar-refractivity contribution in [3.8, 4) is 0 Å². The molecule has 1 unspecified atom stereocenters. The van der Waals surface area contributed by atoms with Gasteiger partial charge in [0.2, 0.25) is 0 Å². The number of ether oxygens (including phenoxy) is 1. The van der Waals surface area contributed by atoms with Gasteiger partial charge in [0.05, 0.1) is 13.7 Å². The van der Waals surface area contributed by atoms with E-state index in [1.807, 2.05) is 0 Å². The molecule has 0 spiro atoms. The molecule has 6 heteroatoms. The summed E-state index contributed by atoms with van der Waals surface area (Å²) in [5.41, 5.74) is 0.317. The second-order valence-corrected chi connectivity index (χ2v) is 2.82. The monoisotopic (exact) mass is 212 g/mol. The number of aliphatic hydroxyl groups is 1. The predicted octanol–water partition coefficient (Wildman–Crippen LogP) is -0.722. The van der Waals surface area contributed by atoms with Crippen molar-refractivity contribution in [3.63, 3.8) is 0 Å². The predicted molar refractivity (Wildman–Crippen MR) is 51.1 cm³/mol. The van der Waals surface area contributed by atoms with E-state index >= 15 is 0 Å². The second-order valence-electron chi connectivity index (χ2n) is 2.82. The Kier molecular flexibility index (Phi) is 3.87. The summed E-state index contributed by atoms with van der Waals surface area (Å²) in [6.45, 7) is -0.501. The normalized spacial score (nSPS) is 11.9. The highest BCUT2D eigenvalue weighted by Crippen LogP contribution is 1.96. The van der Waals surface area contributed by atoms with Crippen LogP contribution in [0.25, 0.3) is 0 Å². The van der Waals surface area contributed by atoms with E-state index in [1.54, 1.807) is 18.3 Å². The zero-order chi connectivity index (χ0) is 11.3. The summed E-state index contributed by atoms with van der Waals surface area (Å²) in [6, 6.07) is 2.17. The lowest BCUT2D eigenvalue weighted by molar-refractivity contribution is -0.143. The number of H-pyrrole nitrogens is 1. The molecular formula is C9H12N2O4. The Hall–Kier alpha value is -1.82. The molecule has 0 saturated carbocycles. The maximum Gasteiger partial charge on any atom is 0.330 e. The minimum Gasteiger partial charge on any atom is -0.467 e. The molecule has 6 nitrogen and oxygen atoms in total. The fraction of sp³-hybridized carbons (Fsp3) is 0.333. The third-order valence-corrected chi connectivity index (χ3v) is 1.82. The molecule has 1 atom stereocenters. The topological polar surface area (TPSA) is 91.4 Å².